The summed E-state index contributed by atoms with van der Waals surface area (Å²) in [5, 5.41) is 0. The van der Waals surface area contributed by atoms with Gasteiger partial charge in [-0.1, -0.05) is 12.1 Å². The van der Waals surface area contributed by atoms with Crippen molar-refractivity contribution < 1.29 is 0 Å². The first-order valence-corrected chi connectivity index (χ1v) is 7.66. The molecule has 0 radical (unpaired) electrons. The third kappa shape index (κ3) is 3.50. The molecule has 1 heterocycles. The standard InChI is InChI=1S/C14H15BrN2S/c1-17(14-8-5-12(15)9-16-14)10-11-3-6-13(18-2)7-4-11/h3-9H,10H2,1-2H3. The van der Waals surface area contributed by atoms with Crippen molar-refractivity contribution in [3.63, 3.8) is 0 Å². The number of pyridine rings is 1. The number of aromatic nitrogens is 1. The second-order valence-electron chi connectivity index (χ2n) is 4.04. The number of hydrogen-bond acceptors (Lipinski definition) is 3. The van der Waals surface area contributed by atoms with Crippen LogP contribution in [-0.2, 0) is 6.54 Å². The van der Waals surface area contributed by atoms with Gasteiger partial charge in [0.15, 0.2) is 0 Å². The van der Waals surface area contributed by atoms with Crippen LogP contribution in [0.15, 0.2) is 52.0 Å². The van der Waals surface area contributed by atoms with Gasteiger partial charge in [0.05, 0.1) is 0 Å². The average molecular weight is 323 g/mol. The molecule has 0 spiro atoms. The van der Waals surface area contributed by atoms with Crippen LogP contribution < -0.4 is 4.90 Å². The van der Waals surface area contributed by atoms with E-state index in [2.05, 4.69) is 63.4 Å². The van der Waals surface area contributed by atoms with Crippen LogP contribution in [-0.4, -0.2) is 18.3 Å². The third-order valence-corrected chi connectivity index (χ3v) is 3.89. The molecular formula is C14H15BrN2S. The summed E-state index contributed by atoms with van der Waals surface area (Å²) in [5.41, 5.74) is 1.29. The van der Waals surface area contributed by atoms with E-state index in [1.165, 1.54) is 10.5 Å². The summed E-state index contributed by atoms with van der Waals surface area (Å²) in [5.74, 6) is 0.979. The summed E-state index contributed by atoms with van der Waals surface area (Å²) >= 11 is 5.16. The Balaban J connectivity index is 2.05. The van der Waals surface area contributed by atoms with Crippen molar-refractivity contribution in [3.05, 3.63) is 52.6 Å². The van der Waals surface area contributed by atoms with Crippen molar-refractivity contribution in [2.24, 2.45) is 0 Å². The summed E-state index contributed by atoms with van der Waals surface area (Å²) < 4.78 is 1.00. The lowest BCUT2D eigenvalue weighted by atomic mass is 10.2. The molecule has 0 saturated heterocycles. The summed E-state index contributed by atoms with van der Waals surface area (Å²) in [6.07, 6.45) is 3.91. The number of anilines is 1. The summed E-state index contributed by atoms with van der Waals surface area (Å²) in [7, 11) is 2.05. The molecule has 2 nitrogen and oxygen atoms in total. The average Bonchev–Trinajstić information content (AvgIpc) is 2.40. The van der Waals surface area contributed by atoms with E-state index < -0.39 is 0 Å². The van der Waals surface area contributed by atoms with E-state index in [1.807, 2.05) is 18.3 Å². The molecule has 18 heavy (non-hydrogen) atoms. The van der Waals surface area contributed by atoms with E-state index >= 15 is 0 Å². The lowest BCUT2D eigenvalue weighted by molar-refractivity contribution is 0.896. The first-order chi connectivity index (χ1) is 8.69. The van der Waals surface area contributed by atoms with Crippen LogP contribution in [0.1, 0.15) is 5.56 Å². The van der Waals surface area contributed by atoms with Crippen LogP contribution in [0.3, 0.4) is 0 Å². The summed E-state index contributed by atoms with van der Waals surface area (Å²) in [6.45, 7) is 0.864. The molecular weight excluding hydrogens is 308 g/mol. The molecule has 0 fully saturated rings. The van der Waals surface area contributed by atoms with Crippen LogP contribution in [0.25, 0.3) is 0 Å². The maximum Gasteiger partial charge on any atom is 0.128 e. The topological polar surface area (TPSA) is 16.1 Å². The molecule has 0 aliphatic carbocycles. The molecule has 2 aromatic rings. The highest BCUT2D eigenvalue weighted by Crippen LogP contribution is 2.18. The fourth-order valence-electron chi connectivity index (χ4n) is 1.68. The Kier molecular flexibility index (Phi) is 4.66. The fraction of sp³-hybridized carbons (Fsp3) is 0.214. The normalized spacial score (nSPS) is 10.4. The molecule has 0 N–H and O–H groups in total. The molecule has 0 aliphatic heterocycles. The number of thioether (sulfide) groups is 1. The van der Waals surface area contributed by atoms with Crippen LogP contribution in [0.4, 0.5) is 5.82 Å². The first kappa shape index (κ1) is 13.4. The Labute approximate surface area is 121 Å². The number of hydrogen-bond donors (Lipinski definition) is 0. The van der Waals surface area contributed by atoms with Gasteiger partial charge in [0, 0.05) is 29.2 Å². The lowest BCUT2D eigenvalue weighted by Gasteiger charge is -2.18. The molecule has 0 atom stereocenters. The number of rotatable bonds is 4. The molecule has 0 saturated carbocycles. The second kappa shape index (κ2) is 6.25. The summed E-state index contributed by atoms with van der Waals surface area (Å²) in [6, 6.07) is 12.7. The van der Waals surface area contributed by atoms with Gasteiger partial charge in [-0.25, -0.2) is 4.98 Å². The van der Waals surface area contributed by atoms with E-state index in [9.17, 15) is 0 Å². The van der Waals surface area contributed by atoms with E-state index in [0.717, 1.165) is 16.8 Å². The van der Waals surface area contributed by atoms with Crippen LogP contribution in [0.5, 0.6) is 0 Å². The summed E-state index contributed by atoms with van der Waals surface area (Å²) in [4.78, 5) is 7.82. The molecule has 2 rings (SSSR count). The Morgan fingerprint density at radius 3 is 2.44 bits per heavy atom. The Morgan fingerprint density at radius 1 is 1.17 bits per heavy atom. The van der Waals surface area contributed by atoms with Crippen LogP contribution in [0.2, 0.25) is 0 Å². The zero-order chi connectivity index (χ0) is 13.0. The van der Waals surface area contributed by atoms with Crippen molar-refractivity contribution in [1.29, 1.82) is 0 Å². The molecule has 1 aromatic heterocycles. The Bertz CT molecular complexity index is 496. The van der Waals surface area contributed by atoms with Crippen molar-refractivity contribution >= 4 is 33.5 Å². The van der Waals surface area contributed by atoms with Gasteiger partial charge in [-0.3, -0.25) is 0 Å². The van der Waals surface area contributed by atoms with Gasteiger partial charge in [-0.05, 0) is 52.0 Å². The lowest BCUT2D eigenvalue weighted by Crippen LogP contribution is -2.17. The smallest absolute Gasteiger partial charge is 0.128 e. The molecule has 0 bridgehead atoms. The highest BCUT2D eigenvalue weighted by atomic mass is 79.9. The third-order valence-electron chi connectivity index (χ3n) is 2.68. The van der Waals surface area contributed by atoms with Gasteiger partial charge >= 0.3 is 0 Å². The van der Waals surface area contributed by atoms with E-state index in [4.69, 9.17) is 0 Å². The number of nitrogens with zero attached hydrogens (tertiary/aromatic N) is 2. The Morgan fingerprint density at radius 2 is 1.89 bits per heavy atom. The second-order valence-corrected chi connectivity index (χ2v) is 5.83. The van der Waals surface area contributed by atoms with Gasteiger partial charge in [0.25, 0.3) is 0 Å². The van der Waals surface area contributed by atoms with Crippen LogP contribution >= 0.6 is 27.7 Å². The molecule has 0 amide bonds. The molecule has 0 aliphatic rings. The van der Waals surface area contributed by atoms with Crippen LogP contribution in [0, 0.1) is 0 Å². The number of benzene rings is 1. The maximum atomic E-state index is 4.38. The maximum absolute atomic E-state index is 4.38. The SMILES string of the molecule is CSc1ccc(CN(C)c2ccc(Br)cn2)cc1. The predicted molar refractivity (Wildman–Crippen MR) is 82.3 cm³/mol. The largest absolute Gasteiger partial charge is 0.355 e. The minimum Gasteiger partial charge on any atom is -0.355 e. The minimum atomic E-state index is 0.864. The van der Waals surface area contributed by atoms with Crippen molar-refractivity contribution in [2.45, 2.75) is 11.4 Å². The van der Waals surface area contributed by atoms with E-state index in [-0.39, 0.29) is 0 Å². The van der Waals surface area contributed by atoms with Gasteiger partial charge < -0.3 is 4.90 Å². The van der Waals surface area contributed by atoms with Gasteiger partial charge in [-0.15, -0.1) is 11.8 Å². The van der Waals surface area contributed by atoms with E-state index in [0.29, 0.717) is 0 Å². The van der Waals surface area contributed by atoms with Crippen molar-refractivity contribution in [2.75, 3.05) is 18.2 Å². The molecule has 0 unspecified atom stereocenters. The number of halogens is 1. The minimum absolute atomic E-state index is 0.864. The highest BCUT2D eigenvalue weighted by Gasteiger charge is 2.03. The predicted octanol–water partition coefficient (Wildman–Crippen LogP) is 4.20. The first-order valence-electron chi connectivity index (χ1n) is 5.64. The quantitative estimate of drug-likeness (QED) is 0.785. The highest BCUT2D eigenvalue weighted by molar-refractivity contribution is 9.10. The van der Waals surface area contributed by atoms with Gasteiger partial charge in [0.1, 0.15) is 5.82 Å². The molecule has 4 heteroatoms. The monoisotopic (exact) mass is 322 g/mol. The zero-order valence-corrected chi connectivity index (χ0v) is 12.8. The fourth-order valence-corrected chi connectivity index (χ4v) is 2.32. The molecule has 1 aromatic carbocycles. The van der Waals surface area contributed by atoms with E-state index in [1.54, 1.807) is 11.8 Å². The van der Waals surface area contributed by atoms with Gasteiger partial charge in [0.2, 0.25) is 0 Å². The zero-order valence-electron chi connectivity index (χ0n) is 10.4. The molecule has 94 valence electrons. The van der Waals surface area contributed by atoms with Crippen molar-refractivity contribution in [1.82, 2.24) is 4.98 Å². The van der Waals surface area contributed by atoms with Crippen molar-refractivity contribution in [3.8, 4) is 0 Å². The van der Waals surface area contributed by atoms with Gasteiger partial charge in [-0.2, -0.15) is 0 Å². The Hall–Kier alpha value is -1.00.